The number of carbonyl (C=O) groups is 1. The average Bonchev–Trinajstić information content (AvgIpc) is 2.41. The molecule has 20 heavy (non-hydrogen) atoms. The van der Waals surface area contributed by atoms with E-state index in [1.54, 1.807) is 0 Å². The van der Waals surface area contributed by atoms with Gasteiger partial charge in [-0.25, -0.2) is 0 Å². The van der Waals surface area contributed by atoms with E-state index in [2.05, 4.69) is 38.2 Å². The molecule has 1 atom stereocenters. The topological polar surface area (TPSA) is 49.3 Å². The fourth-order valence-electron chi connectivity index (χ4n) is 3.35. The molecule has 3 nitrogen and oxygen atoms in total. The van der Waals surface area contributed by atoms with E-state index < -0.39 is 5.97 Å². The van der Waals surface area contributed by atoms with Crippen molar-refractivity contribution in [2.24, 2.45) is 5.92 Å². The maximum atomic E-state index is 11.3. The second kappa shape index (κ2) is 6.40. The first-order valence-electron chi connectivity index (χ1n) is 7.49. The number of nitrogens with one attached hydrogen (secondary N) is 1. The fraction of sp³-hybridized carbons (Fsp3) is 0.588. The van der Waals surface area contributed by atoms with Crippen LogP contribution in [0.25, 0.3) is 0 Å². The molecule has 2 N–H and O–H groups in total. The van der Waals surface area contributed by atoms with Gasteiger partial charge in [-0.05, 0) is 80.8 Å². The van der Waals surface area contributed by atoms with Crippen molar-refractivity contribution in [3.63, 3.8) is 0 Å². The summed E-state index contributed by atoms with van der Waals surface area (Å²) in [6, 6.07) is 4.40. The number of hydrogen-bond donors (Lipinski definition) is 2. The minimum Gasteiger partial charge on any atom is -0.481 e. The first-order chi connectivity index (χ1) is 9.49. The van der Waals surface area contributed by atoms with Gasteiger partial charge >= 0.3 is 5.97 Å². The number of benzene rings is 1. The van der Waals surface area contributed by atoms with Crippen LogP contribution in [0.2, 0.25) is 0 Å². The Morgan fingerprint density at radius 1 is 1.20 bits per heavy atom. The highest BCUT2D eigenvalue weighted by Crippen LogP contribution is 2.36. The molecule has 0 aromatic heterocycles. The lowest BCUT2D eigenvalue weighted by atomic mass is 9.76. The van der Waals surface area contributed by atoms with Gasteiger partial charge in [0.1, 0.15) is 0 Å². The Labute approximate surface area is 121 Å². The van der Waals surface area contributed by atoms with Crippen LogP contribution in [0.4, 0.5) is 0 Å². The minimum atomic E-state index is -0.689. The van der Waals surface area contributed by atoms with Gasteiger partial charge in [-0.15, -0.1) is 0 Å². The van der Waals surface area contributed by atoms with E-state index in [-0.39, 0.29) is 12.3 Å². The van der Waals surface area contributed by atoms with Crippen molar-refractivity contribution >= 4 is 5.97 Å². The van der Waals surface area contributed by atoms with Crippen LogP contribution in [-0.4, -0.2) is 24.2 Å². The highest BCUT2D eigenvalue weighted by Gasteiger charge is 2.28. The Kier molecular flexibility index (Phi) is 4.81. The molecule has 1 fully saturated rings. The third kappa shape index (κ3) is 3.40. The van der Waals surface area contributed by atoms with E-state index in [1.165, 1.54) is 22.3 Å². The van der Waals surface area contributed by atoms with Crippen molar-refractivity contribution in [2.75, 3.05) is 13.1 Å². The lowest BCUT2D eigenvalue weighted by Crippen LogP contribution is -2.32. The van der Waals surface area contributed by atoms with Gasteiger partial charge in [-0.3, -0.25) is 4.79 Å². The SMILES string of the molecule is Cc1cc(C)c(C(CC(=O)O)C2CCNCC2)cc1C. The molecule has 110 valence electrons. The van der Waals surface area contributed by atoms with E-state index in [9.17, 15) is 9.90 Å². The molecular formula is C17H25NO2. The number of carboxylic acid groups (broad SMARTS) is 1. The molecule has 1 saturated heterocycles. The van der Waals surface area contributed by atoms with Crippen molar-refractivity contribution < 1.29 is 9.90 Å². The number of aliphatic carboxylic acids is 1. The Hall–Kier alpha value is -1.35. The first kappa shape index (κ1) is 15.0. The van der Waals surface area contributed by atoms with Gasteiger partial charge in [0.25, 0.3) is 0 Å². The highest BCUT2D eigenvalue weighted by molar-refractivity contribution is 5.68. The largest absolute Gasteiger partial charge is 0.481 e. The molecule has 1 aromatic carbocycles. The molecule has 1 aliphatic rings. The molecule has 0 saturated carbocycles. The Balaban J connectivity index is 2.34. The predicted molar refractivity (Wildman–Crippen MR) is 81.2 cm³/mol. The Bertz CT molecular complexity index is 490. The summed E-state index contributed by atoms with van der Waals surface area (Å²) in [5.41, 5.74) is 5.01. The molecule has 1 aliphatic heterocycles. The number of aryl methyl sites for hydroxylation is 3. The molecular weight excluding hydrogens is 250 g/mol. The van der Waals surface area contributed by atoms with Crippen LogP contribution >= 0.6 is 0 Å². The van der Waals surface area contributed by atoms with E-state index in [4.69, 9.17) is 0 Å². The Morgan fingerprint density at radius 3 is 2.40 bits per heavy atom. The lowest BCUT2D eigenvalue weighted by Gasteiger charge is -2.31. The van der Waals surface area contributed by atoms with E-state index in [0.29, 0.717) is 5.92 Å². The highest BCUT2D eigenvalue weighted by atomic mass is 16.4. The minimum absolute atomic E-state index is 0.147. The van der Waals surface area contributed by atoms with Gasteiger partial charge in [-0.2, -0.15) is 0 Å². The first-order valence-corrected chi connectivity index (χ1v) is 7.49. The fourth-order valence-corrected chi connectivity index (χ4v) is 3.35. The molecule has 0 bridgehead atoms. The summed E-state index contributed by atoms with van der Waals surface area (Å²) >= 11 is 0. The lowest BCUT2D eigenvalue weighted by molar-refractivity contribution is -0.137. The number of rotatable bonds is 4. The molecule has 2 rings (SSSR count). The van der Waals surface area contributed by atoms with Crippen LogP contribution in [0.1, 0.15) is 47.4 Å². The summed E-state index contributed by atoms with van der Waals surface area (Å²) in [7, 11) is 0. The van der Waals surface area contributed by atoms with Crippen LogP contribution in [-0.2, 0) is 4.79 Å². The van der Waals surface area contributed by atoms with Crippen LogP contribution < -0.4 is 5.32 Å². The molecule has 1 aromatic rings. The third-order valence-corrected chi connectivity index (χ3v) is 4.63. The standard InChI is InChI=1S/C17H25NO2/c1-11-8-13(3)15(9-12(11)2)16(10-17(19)20)14-4-6-18-7-5-14/h8-9,14,16,18H,4-7,10H2,1-3H3,(H,19,20). The van der Waals surface area contributed by atoms with Gasteiger partial charge in [0.2, 0.25) is 0 Å². The van der Waals surface area contributed by atoms with Crippen LogP contribution in [0.3, 0.4) is 0 Å². The van der Waals surface area contributed by atoms with Crippen LogP contribution in [0, 0.1) is 26.7 Å². The van der Waals surface area contributed by atoms with Gasteiger partial charge in [0.15, 0.2) is 0 Å². The van der Waals surface area contributed by atoms with Crippen LogP contribution in [0.5, 0.6) is 0 Å². The zero-order valence-corrected chi connectivity index (χ0v) is 12.7. The second-order valence-electron chi connectivity index (χ2n) is 6.08. The summed E-state index contributed by atoms with van der Waals surface area (Å²) in [6.45, 7) is 8.34. The molecule has 1 heterocycles. The summed E-state index contributed by atoms with van der Waals surface area (Å²) in [5, 5.41) is 12.6. The maximum absolute atomic E-state index is 11.3. The monoisotopic (exact) mass is 275 g/mol. The van der Waals surface area contributed by atoms with Crippen molar-refractivity contribution in [1.82, 2.24) is 5.32 Å². The average molecular weight is 275 g/mol. The number of carboxylic acids is 1. The molecule has 0 aliphatic carbocycles. The smallest absolute Gasteiger partial charge is 0.303 e. The summed E-state index contributed by atoms with van der Waals surface area (Å²) in [6.07, 6.45) is 2.39. The van der Waals surface area contributed by atoms with Crippen molar-refractivity contribution in [1.29, 1.82) is 0 Å². The quantitative estimate of drug-likeness (QED) is 0.887. The summed E-state index contributed by atoms with van der Waals surface area (Å²) in [5.74, 6) is -0.0618. The van der Waals surface area contributed by atoms with Gasteiger partial charge in [0, 0.05) is 0 Å². The van der Waals surface area contributed by atoms with Gasteiger partial charge in [-0.1, -0.05) is 12.1 Å². The molecule has 0 radical (unpaired) electrons. The second-order valence-corrected chi connectivity index (χ2v) is 6.08. The zero-order valence-electron chi connectivity index (χ0n) is 12.7. The number of hydrogen-bond acceptors (Lipinski definition) is 2. The molecule has 0 spiro atoms. The predicted octanol–water partition coefficient (Wildman–Crippen LogP) is 3.17. The van der Waals surface area contributed by atoms with Crippen molar-refractivity contribution in [3.05, 3.63) is 34.4 Å². The van der Waals surface area contributed by atoms with Crippen molar-refractivity contribution in [2.45, 2.75) is 46.0 Å². The maximum Gasteiger partial charge on any atom is 0.303 e. The summed E-state index contributed by atoms with van der Waals surface area (Å²) < 4.78 is 0. The Morgan fingerprint density at radius 2 is 1.80 bits per heavy atom. The van der Waals surface area contributed by atoms with Gasteiger partial charge in [0.05, 0.1) is 6.42 Å². The van der Waals surface area contributed by atoms with E-state index >= 15 is 0 Å². The zero-order chi connectivity index (χ0) is 14.7. The third-order valence-electron chi connectivity index (χ3n) is 4.63. The number of piperidine rings is 1. The normalized spacial score (nSPS) is 17.9. The van der Waals surface area contributed by atoms with Crippen LogP contribution in [0.15, 0.2) is 12.1 Å². The van der Waals surface area contributed by atoms with E-state index in [0.717, 1.165) is 25.9 Å². The summed E-state index contributed by atoms with van der Waals surface area (Å²) in [4.78, 5) is 11.3. The van der Waals surface area contributed by atoms with Crippen molar-refractivity contribution in [3.8, 4) is 0 Å². The molecule has 0 amide bonds. The molecule has 3 heteroatoms. The van der Waals surface area contributed by atoms with E-state index in [1.807, 2.05) is 0 Å². The molecule has 1 unspecified atom stereocenters. The van der Waals surface area contributed by atoms with Gasteiger partial charge < -0.3 is 10.4 Å².